The maximum absolute atomic E-state index is 6.18. The van der Waals surface area contributed by atoms with E-state index in [1.54, 1.807) is 0 Å². The van der Waals surface area contributed by atoms with Crippen LogP contribution >= 0.6 is 22.9 Å². The molecule has 1 aliphatic rings. The Bertz CT molecular complexity index is 920. The first kappa shape index (κ1) is 18.2. The number of hydrogen-bond donors (Lipinski definition) is 3. The molecule has 1 aliphatic carbocycles. The standard InChI is InChI=1S/C20H22ClN5S/c21-15-6-4-5-13(11-15)18-19(27-20(25-18)26-22)14-9-10-23-17(12-14)24-16-7-2-1-3-8-16/h4-6,9-12,16H,1-3,7-8,22H2,(H,23,24)(H,25,26). The Morgan fingerprint density at radius 3 is 2.70 bits per heavy atom. The van der Waals surface area contributed by atoms with Crippen molar-refractivity contribution >= 4 is 33.9 Å². The molecular weight excluding hydrogens is 378 g/mol. The van der Waals surface area contributed by atoms with Gasteiger partial charge in [-0.1, -0.05) is 54.3 Å². The normalized spacial score (nSPS) is 14.9. The molecule has 0 radical (unpaired) electrons. The lowest BCUT2D eigenvalue weighted by Gasteiger charge is -2.23. The highest BCUT2D eigenvalue weighted by molar-refractivity contribution is 7.19. The number of benzene rings is 1. The van der Waals surface area contributed by atoms with Crippen molar-refractivity contribution < 1.29 is 0 Å². The Balaban J connectivity index is 1.68. The molecular formula is C20H22ClN5S. The Kier molecular flexibility index (Phi) is 5.57. The van der Waals surface area contributed by atoms with Gasteiger partial charge in [-0.15, -0.1) is 0 Å². The van der Waals surface area contributed by atoms with Crippen LogP contribution in [0.15, 0.2) is 42.6 Å². The Morgan fingerprint density at radius 2 is 1.93 bits per heavy atom. The van der Waals surface area contributed by atoms with Gasteiger partial charge in [-0.25, -0.2) is 15.8 Å². The number of nitrogens with one attached hydrogen (secondary N) is 2. The molecule has 7 heteroatoms. The van der Waals surface area contributed by atoms with Gasteiger partial charge in [0.25, 0.3) is 0 Å². The van der Waals surface area contributed by atoms with Crippen LogP contribution in [0.4, 0.5) is 10.9 Å². The van der Waals surface area contributed by atoms with Crippen LogP contribution < -0.4 is 16.6 Å². The van der Waals surface area contributed by atoms with Crippen LogP contribution in [-0.2, 0) is 0 Å². The second-order valence-electron chi connectivity index (χ2n) is 6.76. The van der Waals surface area contributed by atoms with Crippen LogP contribution in [0.25, 0.3) is 21.7 Å². The van der Waals surface area contributed by atoms with E-state index in [9.17, 15) is 0 Å². The molecule has 4 rings (SSSR count). The lowest BCUT2D eigenvalue weighted by molar-refractivity contribution is 0.462. The highest BCUT2D eigenvalue weighted by Crippen LogP contribution is 2.39. The molecule has 2 heterocycles. The molecule has 5 nitrogen and oxygen atoms in total. The number of hydrogen-bond acceptors (Lipinski definition) is 6. The number of nitrogen functional groups attached to an aromatic ring is 1. The van der Waals surface area contributed by atoms with E-state index in [4.69, 9.17) is 17.4 Å². The van der Waals surface area contributed by atoms with Gasteiger partial charge in [-0.2, -0.15) is 0 Å². The van der Waals surface area contributed by atoms with Crippen molar-refractivity contribution in [3.63, 3.8) is 0 Å². The number of pyridine rings is 1. The molecule has 1 saturated carbocycles. The summed E-state index contributed by atoms with van der Waals surface area (Å²) in [7, 11) is 0. The lowest BCUT2D eigenvalue weighted by atomic mass is 9.95. The summed E-state index contributed by atoms with van der Waals surface area (Å²) in [5, 5.41) is 4.94. The molecule has 27 heavy (non-hydrogen) atoms. The van der Waals surface area contributed by atoms with Gasteiger partial charge >= 0.3 is 0 Å². The average Bonchev–Trinajstić information content (AvgIpc) is 3.14. The highest BCUT2D eigenvalue weighted by Gasteiger charge is 2.17. The van der Waals surface area contributed by atoms with Crippen molar-refractivity contribution in [1.29, 1.82) is 0 Å². The quantitative estimate of drug-likeness (QED) is 0.387. The zero-order valence-corrected chi connectivity index (χ0v) is 16.5. The van der Waals surface area contributed by atoms with E-state index in [1.165, 1.54) is 43.4 Å². The van der Waals surface area contributed by atoms with Crippen molar-refractivity contribution in [3.8, 4) is 21.7 Å². The third-order valence-electron chi connectivity index (χ3n) is 4.83. The SMILES string of the molecule is NNc1nc(-c2cccc(Cl)c2)c(-c2ccnc(NC3CCCCC3)c2)s1. The molecule has 0 spiro atoms. The topological polar surface area (TPSA) is 75.9 Å². The van der Waals surface area contributed by atoms with Gasteiger partial charge in [-0.3, -0.25) is 5.43 Å². The predicted molar refractivity (Wildman–Crippen MR) is 114 cm³/mol. The van der Waals surface area contributed by atoms with E-state index < -0.39 is 0 Å². The van der Waals surface area contributed by atoms with Gasteiger partial charge in [0.2, 0.25) is 0 Å². The largest absolute Gasteiger partial charge is 0.367 e. The molecule has 3 aromatic rings. The van der Waals surface area contributed by atoms with Gasteiger partial charge in [0.15, 0.2) is 5.13 Å². The molecule has 0 aliphatic heterocycles. The summed E-state index contributed by atoms with van der Waals surface area (Å²) >= 11 is 7.70. The number of nitrogens with two attached hydrogens (primary N) is 1. The molecule has 0 amide bonds. The monoisotopic (exact) mass is 399 g/mol. The maximum Gasteiger partial charge on any atom is 0.198 e. The van der Waals surface area contributed by atoms with E-state index in [-0.39, 0.29) is 0 Å². The molecule has 0 unspecified atom stereocenters. The first-order valence-corrected chi connectivity index (χ1v) is 10.4. The molecule has 1 fully saturated rings. The van der Waals surface area contributed by atoms with Gasteiger partial charge in [0.05, 0.1) is 10.6 Å². The van der Waals surface area contributed by atoms with Crippen LogP contribution in [0.5, 0.6) is 0 Å². The number of anilines is 2. The van der Waals surface area contributed by atoms with E-state index in [2.05, 4.69) is 26.8 Å². The summed E-state index contributed by atoms with van der Waals surface area (Å²) in [6, 6.07) is 12.3. The summed E-state index contributed by atoms with van der Waals surface area (Å²) in [4.78, 5) is 10.2. The number of halogens is 1. The zero-order chi connectivity index (χ0) is 18.6. The van der Waals surface area contributed by atoms with E-state index in [1.807, 2.05) is 36.5 Å². The minimum absolute atomic E-state index is 0.511. The summed E-state index contributed by atoms with van der Waals surface area (Å²) < 4.78 is 0. The fourth-order valence-electron chi connectivity index (χ4n) is 3.52. The highest BCUT2D eigenvalue weighted by atomic mass is 35.5. The summed E-state index contributed by atoms with van der Waals surface area (Å²) in [5.41, 5.74) is 5.56. The lowest BCUT2D eigenvalue weighted by Crippen LogP contribution is -2.22. The molecule has 0 bridgehead atoms. The Hall–Kier alpha value is -2.15. The third kappa shape index (κ3) is 4.24. The Labute approximate surface area is 168 Å². The van der Waals surface area contributed by atoms with Crippen LogP contribution in [0.3, 0.4) is 0 Å². The minimum atomic E-state index is 0.511. The smallest absolute Gasteiger partial charge is 0.198 e. The minimum Gasteiger partial charge on any atom is -0.367 e. The molecule has 2 aromatic heterocycles. The zero-order valence-electron chi connectivity index (χ0n) is 14.9. The summed E-state index contributed by atoms with van der Waals surface area (Å²) in [6.07, 6.45) is 8.18. The van der Waals surface area contributed by atoms with E-state index in [0.717, 1.165) is 27.5 Å². The van der Waals surface area contributed by atoms with Crippen molar-refractivity contribution in [2.45, 2.75) is 38.1 Å². The van der Waals surface area contributed by atoms with Crippen molar-refractivity contribution in [2.24, 2.45) is 5.84 Å². The van der Waals surface area contributed by atoms with Crippen LogP contribution in [0.1, 0.15) is 32.1 Å². The van der Waals surface area contributed by atoms with Gasteiger partial charge < -0.3 is 5.32 Å². The maximum atomic E-state index is 6.18. The number of rotatable bonds is 5. The first-order chi connectivity index (χ1) is 13.2. The first-order valence-electron chi connectivity index (χ1n) is 9.19. The Morgan fingerprint density at radius 1 is 1.07 bits per heavy atom. The van der Waals surface area contributed by atoms with Gasteiger partial charge in [-0.05, 0) is 42.7 Å². The fourth-order valence-corrected chi connectivity index (χ4v) is 4.60. The predicted octanol–water partition coefficient (Wildman–Crippen LogP) is 5.56. The summed E-state index contributed by atoms with van der Waals surface area (Å²) in [6.45, 7) is 0. The van der Waals surface area contributed by atoms with Crippen molar-refractivity contribution in [3.05, 3.63) is 47.6 Å². The van der Waals surface area contributed by atoms with E-state index in [0.29, 0.717) is 16.2 Å². The third-order valence-corrected chi connectivity index (χ3v) is 6.10. The van der Waals surface area contributed by atoms with Gasteiger partial charge in [0.1, 0.15) is 5.82 Å². The summed E-state index contributed by atoms with van der Waals surface area (Å²) in [5.74, 6) is 6.53. The molecule has 0 saturated heterocycles. The molecule has 1 aromatic carbocycles. The van der Waals surface area contributed by atoms with Crippen LogP contribution in [-0.4, -0.2) is 16.0 Å². The second-order valence-corrected chi connectivity index (χ2v) is 8.20. The molecule has 0 atom stereocenters. The fraction of sp³-hybridized carbons (Fsp3) is 0.300. The number of thiazole rings is 1. The average molecular weight is 400 g/mol. The van der Waals surface area contributed by atoms with Crippen LogP contribution in [0.2, 0.25) is 5.02 Å². The number of nitrogens with zero attached hydrogens (tertiary/aromatic N) is 2. The van der Waals surface area contributed by atoms with Crippen molar-refractivity contribution in [2.75, 3.05) is 10.7 Å². The second kappa shape index (κ2) is 8.25. The van der Waals surface area contributed by atoms with Crippen molar-refractivity contribution in [1.82, 2.24) is 9.97 Å². The van der Waals surface area contributed by atoms with E-state index >= 15 is 0 Å². The number of hydrazine groups is 1. The molecule has 4 N–H and O–H groups in total. The molecule has 140 valence electrons. The van der Waals surface area contributed by atoms with Gasteiger partial charge in [0, 0.05) is 22.8 Å². The number of aromatic nitrogens is 2. The van der Waals surface area contributed by atoms with Crippen LogP contribution in [0, 0.1) is 0 Å².